The average molecular weight is 382 g/mol. The second-order valence-corrected chi connectivity index (χ2v) is 6.98. The molecule has 1 aliphatic carbocycles. The highest BCUT2D eigenvalue weighted by atomic mass is 16.3. The van der Waals surface area contributed by atoms with Crippen molar-refractivity contribution >= 4 is 22.9 Å². The molecule has 0 spiro atoms. The predicted molar refractivity (Wildman–Crippen MR) is 110 cm³/mol. The lowest BCUT2D eigenvalue weighted by Gasteiger charge is -2.24. The first-order chi connectivity index (χ1) is 13.5. The maximum absolute atomic E-state index is 13.3. The van der Waals surface area contributed by atoms with Crippen molar-refractivity contribution in [2.24, 2.45) is 0 Å². The minimum atomic E-state index is -0.462. The first-order valence-corrected chi connectivity index (χ1v) is 9.80. The molecule has 28 heavy (non-hydrogen) atoms. The second kappa shape index (κ2) is 8.33. The van der Waals surface area contributed by atoms with Crippen LogP contribution in [-0.2, 0) is 0 Å². The van der Waals surface area contributed by atoms with E-state index < -0.39 is 11.6 Å². The number of phenolic OH excluding ortho intramolecular Hbond substituents is 2. The van der Waals surface area contributed by atoms with Crippen molar-refractivity contribution in [2.75, 3.05) is 23.7 Å². The Bertz CT molecular complexity index is 846. The van der Waals surface area contributed by atoms with Gasteiger partial charge in [-0.2, -0.15) is 0 Å². The number of fused-ring (bicyclic) bond motifs is 2. The normalized spacial score (nSPS) is 12.5. The van der Waals surface area contributed by atoms with E-state index >= 15 is 0 Å². The Morgan fingerprint density at radius 1 is 0.679 bits per heavy atom. The minimum absolute atomic E-state index is 0.0110. The van der Waals surface area contributed by atoms with E-state index in [9.17, 15) is 19.8 Å². The van der Waals surface area contributed by atoms with Crippen LogP contribution in [0.1, 0.15) is 71.4 Å². The summed E-state index contributed by atoms with van der Waals surface area (Å²) in [5, 5.41) is 27.1. The molecule has 0 saturated heterocycles. The van der Waals surface area contributed by atoms with Crippen LogP contribution in [0.15, 0.2) is 24.3 Å². The number of rotatable bonds is 8. The molecule has 0 amide bonds. The van der Waals surface area contributed by atoms with E-state index in [-0.39, 0.29) is 33.8 Å². The number of carbonyl (C=O) groups excluding carboxylic acids is 2. The van der Waals surface area contributed by atoms with Crippen LogP contribution < -0.4 is 10.6 Å². The minimum Gasteiger partial charge on any atom is -0.507 e. The molecule has 0 fully saturated rings. The fraction of sp³-hybridized carbons (Fsp3) is 0.364. The Morgan fingerprint density at radius 2 is 1.07 bits per heavy atom. The number of phenols is 2. The number of nitrogens with one attached hydrogen (secondary N) is 2. The zero-order chi connectivity index (χ0) is 20.3. The van der Waals surface area contributed by atoms with Crippen molar-refractivity contribution < 1.29 is 19.8 Å². The summed E-state index contributed by atoms with van der Waals surface area (Å²) in [4.78, 5) is 26.5. The van der Waals surface area contributed by atoms with E-state index in [1.54, 1.807) is 12.1 Å². The molecule has 0 atom stereocenters. The van der Waals surface area contributed by atoms with Crippen molar-refractivity contribution in [3.63, 3.8) is 0 Å². The molecule has 2 aromatic carbocycles. The van der Waals surface area contributed by atoms with E-state index in [4.69, 9.17) is 0 Å². The molecule has 6 nitrogen and oxygen atoms in total. The third-order valence-corrected chi connectivity index (χ3v) is 4.97. The summed E-state index contributed by atoms with van der Waals surface area (Å²) >= 11 is 0. The van der Waals surface area contributed by atoms with Crippen molar-refractivity contribution in [2.45, 2.75) is 39.5 Å². The van der Waals surface area contributed by atoms with Gasteiger partial charge in [-0.15, -0.1) is 0 Å². The van der Waals surface area contributed by atoms with Crippen LogP contribution >= 0.6 is 0 Å². The Kier molecular flexibility index (Phi) is 5.87. The van der Waals surface area contributed by atoms with Crippen LogP contribution in [-0.4, -0.2) is 34.9 Å². The molecule has 0 aromatic heterocycles. The molecule has 0 bridgehead atoms. The van der Waals surface area contributed by atoms with Crippen LogP contribution in [0.5, 0.6) is 11.5 Å². The van der Waals surface area contributed by atoms with Gasteiger partial charge in [0.15, 0.2) is 0 Å². The van der Waals surface area contributed by atoms with Gasteiger partial charge in [-0.1, -0.05) is 26.7 Å². The van der Waals surface area contributed by atoms with Gasteiger partial charge in [0.25, 0.3) is 0 Å². The SMILES string of the molecule is CCCCNc1ccc(O)c2c1C(=O)c1c(O)ccc(NCCCC)c1C2=O. The van der Waals surface area contributed by atoms with Gasteiger partial charge >= 0.3 is 0 Å². The standard InChI is InChI=1S/C22H26N2O4/c1-3-5-11-23-13-7-9-15(25)19-17(13)21(27)20-16(26)10-8-14(18(20)22(19)28)24-12-6-4-2/h7-10,23-26H,3-6,11-12H2,1-2H3. The van der Waals surface area contributed by atoms with Gasteiger partial charge in [0.1, 0.15) is 11.5 Å². The van der Waals surface area contributed by atoms with E-state index in [0.29, 0.717) is 24.5 Å². The monoisotopic (exact) mass is 382 g/mol. The zero-order valence-electron chi connectivity index (χ0n) is 16.3. The second-order valence-electron chi connectivity index (χ2n) is 6.98. The molecule has 6 heteroatoms. The quantitative estimate of drug-likeness (QED) is 0.342. The van der Waals surface area contributed by atoms with Crippen LogP contribution in [0.4, 0.5) is 11.4 Å². The van der Waals surface area contributed by atoms with Gasteiger partial charge in [0.2, 0.25) is 11.6 Å². The lowest BCUT2D eigenvalue weighted by atomic mass is 9.81. The highest BCUT2D eigenvalue weighted by Crippen LogP contribution is 2.42. The summed E-state index contributed by atoms with van der Waals surface area (Å²) in [5.41, 5.74) is 1.21. The van der Waals surface area contributed by atoms with Gasteiger partial charge in [-0.05, 0) is 37.1 Å². The highest BCUT2D eigenvalue weighted by Gasteiger charge is 2.37. The third kappa shape index (κ3) is 3.42. The lowest BCUT2D eigenvalue weighted by molar-refractivity contribution is 0.0975. The molecule has 0 unspecified atom stereocenters. The molecule has 3 rings (SSSR count). The number of ketones is 2. The number of aromatic hydroxyl groups is 2. The van der Waals surface area contributed by atoms with Gasteiger partial charge in [-0.3, -0.25) is 9.59 Å². The maximum atomic E-state index is 13.3. The molecule has 1 aliphatic rings. The Labute approximate surface area is 164 Å². The van der Waals surface area contributed by atoms with Crippen LogP contribution in [0.25, 0.3) is 0 Å². The van der Waals surface area contributed by atoms with E-state index in [0.717, 1.165) is 25.7 Å². The zero-order valence-corrected chi connectivity index (χ0v) is 16.3. The van der Waals surface area contributed by atoms with Crippen molar-refractivity contribution in [1.29, 1.82) is 0 Å². The molecule has 148 valence electrons. The van der Waals surface area contributed by atoms with Crippen LogP contribution in [0, 0.1) is 0 Å². The number of unbranched alkanes of at least 4 members (excludes halogenated alkanes) is 2. The molecule has 0 aliphatic heterocycles. The van der Waals surface area contributed by atoms with Crippen molar-refractivity contribution in [1.82, 2.24) is 0 Å². The summed E-state index contributed by atoms with van der Waals surface area (Å²) in [6, 6.07) is 6.05. The van der Waals surface area contributed by atoms with Crippen molar-refractivity contribution in [3.8, 4) is 11.5 Å². The van der Waals surface area contributed by atoms with Gasteiger partial charge in [-0.25, -0.2) is 0 Å². The predicted octanol–water partition coefficient (Wildman–Crippen LogP) is 4.30. The number of anilines is 2. The summed E-state index contributed by atoms with van der Waals surface area (Å²) < 4.78 is 0. The molecule has 0 radical (unpaired) electrons. The average Bonchev–Trinajstić information content (AvgIpc) is 2.68. The first-order valence-electron chi connectivity index (χ1n) is 9.80. The topological polar surface area (TPSA) is 98.7 Å². The summed E-state index contributed by atoms with van der Waals surface area (Å²) in [7, 11) is 0. The van der Waals surface area contributed by atoms with Gasteiger partial charge < -0.3 is 20.8 Å². The number of carbonyl (C=O) groups is 2. The largest absolute Gasteiger partial charge is 0.507 e. The van der Waals surface area contributed by atoms with Crippen LogP contribution in [0.3, 0.4) is 0 Å². The lowest BCUT2D eigenvalue weighted by Crippen LogP contribution is -2.24. The molecule has 4 N–H and O–H groups in total. The Hall–Kier alpha value is -3.02. The molecule has 0 heterocycles. The summed E-state index contributed by atoms with van der Waals surface area (Å²) in [6.45, 7) is 5.41. The van der Waals surface area contributed by atoms with E-state index in [1.165, 1.54) is 12.1 Å². The molecule has 0 saturated carbocycles. The fourth-order valence-corrected chi connectivity index (χ4v) is 3.46. The Morgan fingerprint density at radius 3 is 1.43 bits per heavy atom. The van der Waals surface area contributed by atoms with Gasteiger partial charge in [0.05, 0.1) is 22.3 Å². The molecular weight excluding hydrogens is 356 g/mol. The van der Waals surface area contributed by atoms with E-state index in [2.05, 4.69) is 24.5 Å². The van der Waals surface area contributed by atoms with Crippen LogP contribution in [0.2, 0.25) is 0 Å². The van der Waals surface area contributed by atoms with E-state index in [1.807, 2.05) is 0 Å². The highest BCUT2D eigenvalue weighted by molar-refractivity contribution is 6.33. The summed E-state index contributed by atoms with van der Waals surface area (Å²) in [5.74, 6) is -1.39. The molecular formula is C22H26N2O4. The number of hydrogen-bond acceptors (Lipinski definition) is 6. The summed E-state index contributed by atoms with van der Waals surface area (Å²) in [6.07, 6.45) is 3.78. The molecule has 2 aromatic rings. The number of hydrogen-bond donors (Lipinski definition) is 4. The number of benzene rings is 2. The van der Waals surface area contributed by atoms with Gasteiger partial charge in [0, 0.05) is 24.5 Å². The smallest absolute Gasteiger partial charge is 0.200 e. The Balaban J connectivity index is 2.12. The fourth-order valence-electron chi connectivity index (χ4n) is 3.46. The van der Waals surface area contributed by atoms with Crippen molar-refractivity contribution in [3.05, 3.63) is 46.5 Å². The third-order valence-electron chi connectivity index (χ3n) is 4.97. The maximum Gasteiger partial charge on any atom is 0.200 e. The first kappa shape index (κ1) is 19.7.